The third-order valence-corrected chi connectivity index (χ3v) is 23.2. The van der Waals surface area contributed by atoms with Crippen molar-refractivity contribution in [2.24, 2.45) is 0 Å². The summed E-state index contributed by atoms with van der Waals surface area (Å²) in [6.07, 6.45) is 54.2. The van der Waals surface area contributed by atoms with Crippen molar-refractivity contribution in [1.29, 1.82) is 0 Å². The molecule has 0 aromatic heterocycles. The van der Waals surface area contributed by atoms with Gasteiger partial charge in [-0.1, -0.05) is 364 Å². The highest BCUT2D eigenvalue weighted by molar-refractivity contribution is 6.07. The van der Waals surface area contributed by atoms with Crippen molar-refractivity contribution in [2.45, 2.75) is 466 Å². The summed E-state index contributed by atoms with van der Waals surface area (Å²) in [5, 5.41) is 0. The third kappa shape index (κ3) is 42.6. The molecule has 0 N–H and O–H groups in total. The van der Waals surface area contributed by atoms with Gasteiger partial charge < -0.3 is 37.9 Å². The minimum absolute atomic E-state index is 0.0654. The van der Waals surface area contributed by atoms with Crippen LogP contribution in [-0.2, 0) is 38.4 Å². The fraction of sp³-hybridized carbons (Fsp3) is 0.692. The molecule has 0 saturated carbocycles. The number of rotatable bonds is 72. The number of ether oxygens (including phenoxy) is 8. The second-order valence-corrected chi connectivity index (χ2v) is 34.1. The van der Waals surface area contributed by atoms with Crippen LogP contribution in [0.15, 0.2) is 48.5 Å². The Bertz CT molecular complexity index is 2870. The van der Waals surface area contributed by atoms with Crippen molar-refractivity contribution >= 4 is 47.8 Å². The molecule has 0 atom stereocenters. The number of carbonyl (C=O) groups excluding carboxylic acids is 8. The number of esters is 8. The first-order valence-electron chi connectivity index (χ1n) is 49.0. The number of hydrogen-bond donors (Lipinski definition) is 0. The molecule has 16 heteroatoms. The first-order valence-corrected chi connectivity index (χ1v) is 49.0. The van der Waals surface area contributed by atoms with Gasteiger partial charge in [-0.15, -0.1) is 0 Å². The van der Waals surface area contributed by atoms with Gasteiger partial charge in [-0.3, -0.25) is 38.4 Å². The van der Waals surface area contributed by atoms with E-state index in [0.29, 0.717) is 95.9 Å². The molecule has 0 amide bonds. The summed E-state index contributed by atoms with van der Waals surface area (Å²) in [5.41, 5.74) is 2.66. The van der Waals surface area contributed by atoms with Gasteiger partial charge in [0.15, 0.2) is 46.0 Å². The molecule has 0 saturated heterocycles. The number of fused-ring (bicyclic) bond motifs is 8. The van der Waals surface area contributed by atoms with Gasteiger partial charge in [-0.25, -0.2) is 0 Å². The van der Waals surface area contributed by atoms with Gasteiger partial charge in [0.1, 0.15) is 0 Å². The predicted molar refractivity (Wildman–Crippen MR) is 488 cm³/mol. The fourth-order valence-corrected chi connectivity index (χ4v) is 15.9. The molecule has 0 bridgehead atoms. The van der Waals surface area contributed by atoms with Crippen molar-refractivity contribution in [2.75, 3.05) is 0 Å². The van der Waals surface area contributed by atoms with E-state index in [1.54, 1.807) is 48.5 Å². The highest BCUT2D eigenvalue weighted by Gasteiger charge is 2.33. The predicted octanol–water partition coefficient (Wildman–Crippen LogP) is 31.0. The van der Waals surface area contributed by atoms with Crippen molar-refractivity contribution < 1.29 is 76.3 Å². The van der Waals surface area contributed by atoms with Crippen molar-refractivity contribution in [1.82, 2.24) is 0 Å². The molecule has 672 valence electrons. The Labute approximate surface area is 725 Å². The molecule has 5 rings (SSSR count). The van der Waals surface area contributed by atoms with E-state index >= 15 is 0 Å². The SMILES string of the molecule is CCCCCCCCCC(=O)Oc1cc2c(cc1OC(=O)CCCCCCCCC)-c1cc(OC(=O)CCCCCCCCC)c(OC(=O)CCCCCCCCC)cc1-c1cc(OC(=O)CCCCCCCCC)c(OC(=O)CCCCCCCCC)cc1-c1cc(OC(=O)CCCCCCCCC)c(OC(=O)CCCCCCCCC)cc1-2. The van der Waals surface area contributed by atoms with Gasteiger partial charge in [0.2, 0.25) is 0 Å². The van der Waals surface area contributed by atoms with Gasteiger partial charge in [0.05, 0.1) is 0 Å². The normalized spacial score (nSPS) is 11.4. The van der Waals surface area contributed by atoms with E-state index in [1.807, 2.05) is 0 Å². The maximum Gasteiger partial charge on any atom is 0.311 e. The molecule has 16 nitrogen and oxygen atoms in total. The zero-order valence-electron chi connectivity index (χ0n) is 76.4. The highest BCUT2D eigenvalue weighted by Crippen LogP contribution is 2.57. The van der Waals surface area contributed by atoms with E-state index in [0.717, 1.165) is 308 Å². The molecule has 0 aliphatic heterocycles. The first-order chi connectivity index (χ1) is 58.6. The maximum absolute atomic E-state index is 14.7. The van der Waals surface area contributed by atoms with Crippen LogP contribution in [0.25, 0.3) is 44.5 Å². The third-order valence-electron chi connectivity index (χ3n) is 23.2. The molecule has 4 aromatic rings. The van der Waals surface area contributed by atoms with Gasteiger partial charge in [0, 0.05) is 51.4 Å². The van der Waals surface area contributed by atoms with Crippen molar-refractivity contribution in [3.8, 4) is 90.5 Å². The van der Waals surface area contributed by atoms with E-state index < -0.39 is 47.8 Å². The second-order valence-electron chi connectivity index (χ2n) is 34.1. The van der Waals surface area contributed by atoms with Crippen LogP contribution in [0.4, 0.5) is 0 Å². The number of benzene rings is 4. The van der Waals surface area contributed by atoms with Crippen LogP contribution in [-0.4, -0.2) is 47.8 Å². The van der Waals surface area contributed by atoms with Gasteiger partial charge in [-0.2, -0.15) is 0 Å². The molecule has 0 spiro atoms. The van der Waals surface area contributed by atoms with E-state index in [2.05, 4.69) is 55.4 Å². The van der Waals surface area contributed by atoms with Crippen LogP contribution >= 0.6 is 0 Å². The van der Waals surface area contributed by atoms with Crippen molar-refractivity contribution in [3.63, 3.8) is 0 Å². The van der Waals surface area contributed by atoms with Crippen LogP contribution in [0.5, 0.6) is 46.0 Å². The molecule has 0 fully saturated rings. The summed E-state index contributed by atoms with van der Waals surface area (Å²) < 4.78 is 52.2. The quantitative estimate of drug-likeness (QED) is 0.0201. The highest BCUT2D eigenvalue weighted by atomic mass is 16.6. The van der Waals surface area contributed by atoms with Gasteiger partial charge in [-0.05, 0) is 144 Å². The Hall–Kier alpha value is -7.36. The number of hydrogen-bond acceptors (Lipinski definition) is 16. The summed E-state index contributed by atoms with van der Waals surface area (Å²) >= 11 is 0. The Balaban J connectivity index is 2.00. The Morgan fingerprint density at radius 1 is 0.142 bits per heavy atom. The molecular weight excluding hydrogens is 1510 g/mol. The minimum atomic E-state index is -0.553. The summed E-state index contributed by atoms with van der Waals surface area (Å²) in [5.74, 6) is -5.04. The molecule has 0 radical (unpaired) electrons. The van der Waals surface area contributed by atoms with E-state index in [9.17, 15) is 38.4 Å². The number of unbranched alkanes of at least 4 members (excludes halogenated alkanes) is 48. The second kappa shape index (κ2) is 65.3. The average Bonchev–Trinajstić information content (AvgIpc) is 0.723. The van der Waals surface area contributed by atoms with Gasteiger partial charge in [0.25, 0.3) is 0 Å². The lowest BCUT2D eigenvalue weighted by atomic mass is 9.80. The number of carbonyl (C=O) groups is 8. The van der Waals surface area contributed by atoms with Gasteiger partial charge >= 0.3 is 47.8 Å². The molecule has 1 aliphatic carbocycles. The lowest BCUT2D eigenvalue weighted by Crippen LogP contribution is -2.15. The first kappa shape index (κ1) is 103. The van der Waals surface area contributed by atoms with E-state index in [4.69, 9.17) is 37.9 Å². The molecule has 1 aliphatic rings. The standard InChI is InChI=1S/C104H160O16/c1-9-17-25-33-41-49-57-65-97(105)113-89-73-81-82(74-90(89)114-98(106)66-58-50-42-34-26-18-10-2)84-76-92(116-100(108)68-60-52-44-36-28-20-12-4)94(118-102(110)70-62-54-46-38-30-22-14-6)78-86(84)88-80-96(120-104(112)72-64-56-48-40-32-24-16-8)95(119-103(111)71-63-55-47-39-31-23-15-7)79-87(88)85-77-93(117-101(109)69-61-53-45-37-29-21-13-5)91(75-83(81)85)115-99(107)67-59-51-43-35-27-19-11-3/h73-80H,9-72H2,1-8H3. The maximum atomic E-state index is 14.7. The average molecular weight is 1670 g/mol. The lowest BCUT2D eigenvalue weighted by molar-refractivity contribution is -0.137. The molecule has 120 heavy (non-hydrogen) atoms. The molecule has 0 heterocycles. The zero-order chi connectivity index (χ0) is 86.4. The summed E-state index contributed by atoms with van der Waals surface area (Å²) in [6, 6.07) is 13.1. The molecule has 4 aromatic carbocycles. The largest absolute Gasteiger partial charge is 0.422 e. The topological polar surface area (TPSA) is 210 Å². The summed E-state index contributed by atoms with van der Waals surface area (Å²) in [6.45, 7) is 17.4. The monoisotopic (exact) mass is 1670 g/mol. The Morgan fingerprint density at radius 3 is 0.317 bits per heavy atom. The lowest BCUT2D eigenvalue weighted by Gasteiger charge is -2.27. The molecule has 0 unspecified atom stereocenters. The fourth-order valence-electron chi connectivity index (χ4n) is 15.9. The van der Waals surface area contributed by atoms with Crippen LogP contribution in [0, 0.1) is 0 Å². The van der Waals surface area contributed by atoms with Crippen LogP contribution in [0.3, 0.4) is 0 Å². The van der Waals surface area contributed by atoms with Crippen molar-refractivity contribution in [3.05, 3.63) is 48.5 Å². The zero-order valence-corrected chi connectivity index (χ0v) is 76.4. The Kier molecular flexibility index (Phi) is 56.2. The summed E-state index contributed by atoms with van der Waals surface area (Å²) in [4.78, 5) is 117. The minimum Gasteiger partial charge on any atom is -0.422 e. The van der Waals surface area contributed by atoms with E-state index in [1.165, 1.54) is 0 Å². The van der Waals surface area contributed by atoms with E-state index in [-0.39, 0.29) is 97.4 Å². The smallest absolute Gasteiger partial charge is 0.311 e. The Morgan fingerprint density at radius 2 is 0.225 bits per heavy atom. The van der Waals surface area contributed by atoms with Crippen LogP contribution in [0.1, 0.15) is 466 Å². The molecular formula is C104H160O16. The van der Waals surface area contributed by atoms with Crippen LogP contribution < -0.4 is 37.9 Å². The van der Waals surface area contributed by atoms with Crippen LogP contribution in [0.2, 0.25) is 0 Å². The summed E-state index contributed by atoms with van der Waals surface area (Å²) in [7, 11) is 0.